The van der Waals surface area contributed by atoms with E-state index in [1.54, 1.807) is 0 Å². The van der Waals surface area contributed by atoms with Crippen molar-refractivity contribution in [1.29, 1.82) is 0 Å². The van der Waals surface area contributed by atoms with E-state index in [0.717, 1.165) is 34.9 Å². The van der Waals surface area contributed by atoms with Crippen molar-refractivity contribution in [1.82, 2.24) is 0 Å². The van der Waals surface area contributed by atoms with Crippen LogP contribution in [0.1, 0.15) is 18.9 Å². The molecule has 3 rings (SSSR count). The Labute approximate surface area is 117 Å². The molecule has 0 radical (unpaired) electrons. The minimum absolute atomic E-state index is 0.260. The second-order valence-electron chi connectivity index (χ2n) is 4.89. The third-order valence-electron chi connectivity index (χ3n) is 3.54. The molecule has 0 aliphatic carbocycles. The van der Waals surface area contributed by atoms with Crippen LogP contribution in [0.3, 0.4) is 0 Å². The van der Waals surface area contributed by atoms with Gasteiger partial charge in [0.1, 0.15) is 0 Å². The fourth-order valence-electron chi connectivity index (χ4n) is 2.66. The van der Waals surface area contributed by atoms with Gasteiger partial charge in [-0.3, -0.25) is 9.59 Å². The quantitative estimate of drug-likeness (QED) is 0.799. The number of aryl methyl sites for hydroxylation is 1. The molecule has 0 saturated heterocycles. The van der Waals surface area contributed by atoms with Crippen LogP contribution in [0.2, 0.25) is 0 Å². The van der Waals surface area contributed by atoms with E-state index in [2.05, 4.69) is 6.92 Å². The molecule has 2 aromatic rings. The third kappa shape index (κ3) is 1.92. The minimum Gasteiger partial charge on any atom is -0.269 e. The van der Waals surface area contributed by atoms with Gasteiger partial charge in [-0.1, -0.05) is 49.7 Å². The molecule has 0 saturated carbocycles. The lowest BCUT2D eigenvalue weighted by Gasteiger charge is -2.20. The van der Waals surface area contributed by atoms with E-state index in [0.29, 0.717) is 0 Å². The van der Waals surface area contributed by atoms with Crippen molar-refractivity contribution in [3.63, 3.8) is 0 Å². The number of imide groups is 1. The zero-order valence-corrected chi connectivity index (χ0v) is 11.3. The number of rotatable bonds is 3. The second-order valence-corrected chi connectivity index (χ2v) is 4.89. The summed E-state index contributed by atoms with van der Waals surface area (Å²) in [6, 6.07) is 11.9. The highest BCUT2D eigenvalue weighted by molar-refractivity contribution is 6.30. The van der Waals surface area contributed by atoms with Gasteiger partial charge >= 0.3 is 0 Å². The van der Waals surface area contributed by atoms with Crippen molar-refractivity contribution in [2.75, 3.05) is 4.90 Å². The zero-order valence-electron chi connectivity index (χ0n) is 11.3. The van der Waals surface area contributed by atoms with Gasteiger partial charge in [-0.15, -0.1) is 0 Å². The topological polar surface area (TPSA) is 37.4 Å². The SMILES string of the molecule is CCCc1ccc2ccccc2c1N1C(=O)C=CC1=O. The van der Waals surface area contributed by atoms with Crippen LogP contribution < -0.4 is 4.90 Å². The van der Waals surface area contributed by atoms with Crippen LogP contribution in [0, 0.1) is 0 Å². The average Bonchev–Trinajstić information content (AvgIpc) is 2.79. The molecule has 2 aromatic carbocycles. The molecule has 3 nitrogen and oxygen atoms in total. The van der Waals surface area contributed by atoms with Gasteiger partial charge in [0, 0.05) is 17.5 Å². The smallest absolute Gasteiger partial charge is 0.258 e. The fraction of sp³-hybridized carbons (Fsp3) is 0.176. The molecule has 0 fully saturated rings. The first-order valence-corrected chi connectivity index (χ1v) is 6.79. The summed E-state index contributed by atoms with van der Waals surface area (Å²) < 4.78 is 0. The highest BCUT2D eigenvalue weighted by Gasteiger charge is 2.28. The van der Waals surface area contributed by atoms with E-state index in [4.69, 9.17) is 0 Å². The van der Waals surface area contributed by atoms with Crippen molar-refractivity contribution < 1.29 is 9.59 Å². The Morgan fingerprint density at radius 1 is 0.950 bits per heavy atom. The van der Waals surface area contributed by atoms with E-state index < -0.39 is 0 Å². The van der Waals surface area contributed by atoms with E-state index in [9.17, 15) is 9.59 Å². The van der Waals surface area contributed by atoms with Gasteiger partial charge in [0.15, 0.2) is 0 Å². The lowest BCUT2D eigenvalue weighted by molar-refractivity contribution is -0.119. The average molecular weight is 265 g/mol. The Morgan fingerprint density at radius 3 is 2.35 bits per heavy atom. The summed E-state index contributed by atoms with van der Waals surface area (Å²) in [5, 5.41) is 1.98. The first-order chi connectivity index (χ1) is 9.72. The second kappa shape index (κ2) is 4.93. The molecule has 1 aliphatic rings. The number of anilines is 1. The molecule has 0 bridgehead atoms. The van der Waals surface area contributed by atoms with Crippen LogP contribution in [0.4, 0.5) is 5.69 Å². The zero-order chi connectivity index (χ0) is 14.1. The molecule has 100 valence electrons. The van der Waals surface area contributed by atoms with Gasteiger partial charge in [-0.25, -0.2) is 4.90 Å². The van der Waals surface area contributed by atoms with Crippen LogP contribution in [0.5, 0.6) is 0 Å². The molecule has 1 aliphatic heterocycles. The fourth-order valence-corrected chi connectivity index (χ4v) is 2.66. The monoisotopic (exact) mass is 265 g/mol. The molecule has 0 N–H and O–H groups in total. The summed E-state index contributed by atoms with van der Waals surface area (Å²) in [6.45, 7) is 2.09. The molecule has 0 atom stereocenters. The van der Waals surface area contributed by atoms with Crippen LogP contribution in [0.15, 0.2) is 48.6 Å². The van der Waals surface area contributed by atoms with E-state index >= 15 is 0 Å². The van der Waals surface area contributed by atoms with E-state index in [-0.39, 0.29) is 11.8 Å². The van der Waals surface area contributed by atoms with Crippen LogP contribution in [-0.4, -0.2) is 11.8 Å². The number of amides is 2. The largest absolute Gasteiger partial charge is 0.269 e. The Balaban J connectivity index is 2.27. The van der Waals surface area contributed by atoms with E-state index in [1.165, 1.54) is 17.1 Å². The van der Waals surface area contributed by atoms with Gasteiger partial charge in [0.25, 0.3) is 11.8 Å². The van der Waals surface area contributed by atoms with Gasteiger partial charge in [0.05, 0.1) is 5.69 Å². The number of benzene rings is 2. The standard InChI is InChI=1S/C17H15NO2/c1-2-5-13-9-8-12-6-3-4-7-14(12)17(13)18-15(19)10-11-16(18)20/h3-4,6-11H,2,5H2,1H3. The molecule has 20 heavy (non-hydrogen) atoms. The highest BCUT2D eigenvalue weighted by atomic mass is 16.2. The molecule has 2 amide bonds. The summed E-state index contributed by atoms with van der Waals surface area (Å²) in [5.41, 5.74) is 1.78. The minimum atomic E-state index is -0.260. The molecule has 1 heterocycles. The predicted molar refractivity (Wildman–Crippen MR) is 79.6 cm³/mol. The lowest BCUT2D eigenvalue weighted by atomic mass is 10.00. The van der Waals surface area contributed by atoms with Crippen LogP contribution in [0.25, 0.3) is 10.8 Å². The van der Waals surface area contributed by atoms with E-state index in [1.807, 2.05) is 36.4 Å². The van der Waals surface area contributed by atoms with Crippen LogP contribution >= 0.6 is 0 Å². The molecule has 0 spiro atoms. The van der Waals surface area contributed by atoms with Crippen molar-refractivity contribution in [2.45, 2.75) is 19.8 Å². The summed E-state index contributed by atoms with van der Waals surface area (Å²) in [7, 11) is 0. The normalized spacial score (nSPS) is 14.6. The van der Waals surface area contributed by atoms with Crippen molar-refractivity contribution in [3.05, 3.63) is 54.1 Å². The van der Waals surface area contributed by atoms with Crippen molar-refractivity contribution in [2.24, 2.45) is 0 Å². The van der Waals surface area contributed by atoms with Crippen molar-refractivity contribution >= 4 is 28.3 Å². The maximum atomic E-state index is 12.0. The maximum absolute atomic E-state index is 12.0. The van der Waals surface area contributed by atoms with Gasteiger partial charge in [-0.2, -0.15) is 0 Å². The molecule has 0 aromatic heterocycles. The summed E-state index contributed by atoms with van der Waals surface area (Å²) >= 11 is 0. The number of hydrogen-bond acceptors (Lipinski definition) is 2. The van der Waals surface area contributed by atoms with Crippen LogP contribution in [-0.2, 0) is 16.0 Å². The first-order valence-electron chi connectivity index (χ1n) is 6.79. The van der Waals surface area contributed by atoms with Gasteiger partial charge < -0.3 is 0 Å². The number of carbonyl (C=O) groups is 2. The van der Waals surface area contributed by atoms with Gasteiger partial charge in [0.2, 0.25) is 0 Å². The maximum Gasteiger partial charge on any atom is 0.258 e. The Bertz CT molecular complexity index is 713. The lowest BCUT2D eigenvalue weighted by Crippen LogP contribution is -2.30. The third-order valence-corrected chi connectivity index (χ3v) is 3.54. The Morgan fingerprint density at radius 2 is 1.65 bits per heavy atom. The highest BCUT2D eigenvalue weighted by Crippen LogP contribution is 2.33. The van der Waals surface area contributed by atoms with Crippen molar-refractivity contribution in [3.8, 4) is 0 Å². The number of fused-ring (bicyclic) bond motifs is 1. The predicted octanol–water partition coefficient (Wildman–Crippen LogP) is 3.22. The summed E-state index contributed by atoms with van der Waals surface area (Å²) in [6.07, 6.45) is 4.48. The molecular weight excluding hydrogens is 250 g/mol. The number of carbonyl (C=O) groups excluding carboxylic acids is 2. The van der Waals surface area contributed by atoms with Gasteiger partial charge in [-0.05, 0) is 17.4 Å². The Hall–Kier alpha value is -2.42. The number of hydrogen-bond donors (Lipinski definition) is 0. The summed E-state index contributed by atoms with van der Waals surface area (Å²) in [4.78, 5) is 25.3. The molecule has 0 unspecified atom stereocenters. The summed E-state index contributed by atoms with van der Waals surface area (Å²) in [5.74, 6) is -0.521. The first kappa shape index (κ1) is 12.6. The Kier molecular flexibility index (Phi) is 3.11. The number of nitrogens with zero attached hydrogens (tertiary/aromatic N) is 1. The molecular formula is C17H15NO2. The molecule has 3 heteroatoms.